The summed E-state index contributed by atoms with van der Waals surface area (Å²) in [6.45, 7) is 5.17. The van der Waals surface area contributed by atoms with Gasteiger partial charge in [-0.2, -0.15) is 0 Å². The molecule has 0 bridgehead atoms. The fourth-order valence-electron chi connectivity index (χ4n) is 4.54. The zero-order valence-electron chi connectivity index (χ0n) is 23.6. The van der Waals surface area contributed by atoms with Crippen LogP contribution in [0, 0.1) is 0 Å². The highest BCUT2D eigenvalue weighted by Crippen LogP contribution is 2.13. The van der Waals surface area contributed by atoms with E-state index in [1.54, 1.807) is 0 Å². The Morgan fingerprint density at radius 2 is 0.824 bits per heavy atom. The van der Waals surface area contributed by atoms with Crippen molar-refractivity contribution >= 4 is 5.97 Å². The number of hydrogen-bond donors (Lipinski definition) is 0. The summed E-state index contributed by atoms with van der Waals surface area (Å²) in [6.07, 6.45) is 38.2. The monoisotopic (exact) mass is 478 g/mol. The topological polar surface area (TPSA) is 26.3 Å². The number of esters is 1. The number of hydrogen-bond acceptors (Lipinski definition) is 2. The smallest absolute Gasteiger partial charge is 0.305 e. The van der Waals surface area contributed by atoms with Crippen LogP contribution in [-0.4, -0.2) is 12.6 Å². The molecule has 34 heavy (non-hydrogen) atoms. The minimum Gasteiger partial charge on any atom is -0.466 e. The molecule has 0 aliphatic heterocycles. The van der Waals surface area contributed by atoms with Gasteiger partial charge in [-0.1, -0.05) is 148 Å². The van der Waals surface area contributed by atoms with Crippen LogP contribution < -0.4 is 0 Å². The van der Waals surface area contributed by atoms with Crippen LogP contribution >= 0.6 is 0 Å². The maximum atomic E-state index is 11.8. The van der Waals surface area contributed by atoms with E-state index in [1.165, 1.54) is 148 Å². The van der Waals surface area contributed by atoms with Crippen molar-refractivity contribution in [3.8, 4) is 0 Å². The van der Waals surface area contributed by atoms with Crippen LogP contribution in [0.15, 0.2) is 12.2 Å². The largest absolute Gasteiger partial charge is 0.466 e. The van der Waals surface area contributed by atoms with Crippen molar-refractivity contribution in [2.75, 3.05) is 6.61 Å². The third kappa shape index (κ3) is 29.2. The number of carbonyl (C=O) groups excluding carboxylic acids is 1. The van der Waals surface area contributed by atoms with E-state index < -0.39 is 0 Å². The quantitative estimate of drug-likeness (QED) is 0.0634. The molecule has 0 radical (unpaired) electrons. The van der Waals surface area contributed by atoms with Crippen LogP contribution in [0.1, 0.15) is 181 Å². The van der Waals surface area contributed by atoms with Gasteiger partial charge in [0.25, 0.3) is 0 Å². The van der Waals surface area contributed by atoms with E-state index in [0.29, 0.717) is 13.0 Å². The summed E-state index contributed by atoms with van der Waals surface area (Å²) >= 11 is 0. The summed E-state index contributed by atoms with van der Waals surface area (Å²) in [5, 5.41) is 0. The molecule has 0 aromatic rings. The van der Waals surface area contributed by atoms with Crippen molar-refractivity contribution < 1.29 is 9.53 Å². The average molecular weight is 479 g/mol. The summed E-state index contributed by atoms with van der Waals surface area (Å²) in [6, 6.07) is 0. The van der Waals surface area contributed by atoms with Crippen LogP contribution in [0.5, 0.6) is 0 Å². The number of ether oxygens (including phenoxy) is 1. The number of carbonyl (C=O) groups is 1. The van der Waals surface area contributed by atoms with Crippen LogP contribution in [0.4, 0.5) is 0 Å². The van der Waals surface area contributed by atoms with Crippen molar-refractivity contribution in [3.63, 3.8) is 0 Å². The molecular weight excluding hydrogens is 416 g/mol. The molecule has 0 unspecified atom stereocenters. The van der Waals surface area contributed by atoms with Crippen LogP contribution in [0.25, 0.3) is 0 Å². The minimum absolute atomic E-state index is 0.0194. The molecule has 0 aliphatic rings. The summed E-state index contributed by atoms with van der Waals surface area (Å²) < 4.78 is 5.40. The second kappa shape index (κ2) is 30.2. The molecule has 0 aromatic carbocycles. The van der Waals surface area contributed by atoms with Gasteiger partial charge >= 0.3 is 5.97 Å². The zero-order chi connectivity index (χ0) is 24.8. The summed E-state index contributed by atoms with van der Waals surface area (Å²) in [5.74, 6) is 0.0194. The van der Waals surface area contributed by atoms with Gasteiger partial charge in [0.05, 0.1) is 6.61 Å². The van der Waals surface area contributed by atoms with Gasteiger partial charge in [-0.15, -0.1) is 0 Å². The van der Waals surface area contributed by atoms with E-state index in [9.17, 15) is 4.79 Å². The molecule has 0 atom stereocenters. The van der Waals surface area contributed by atoms with Gasteiger partial charge in [-0.25, -0.2) is 0 Å². The Morgan fingerprint density at radius 1 is 0.471 bits per heavy atom. The van der Waals surface area contributed by atoms with Crippen molar-refractivity contribution in [3.05, 3.63) is 12.2 Å². The van der Waals surface area contributed by atoms with Gasteiger partial charge in [0.2, 0.25) is 0 Å². The molecule has 202 valence electrons. The first-order chi connectivity index (χ1) is 16.8. The normalized spacial score (nSPS) is 11.5. The zero-order valence-corrected chi connectivity index (χ0v) is 23.6. The van der Waals surface area contributed by atoms with Gasteiger partial charge in [0.1, 0.15) is 0 Å². The molecule has 0 heterocycles. The van der Waals surface area contributed by atoms with Crippen molar-refractivity contribution in [2.24, 2.45) is 0 Å². The Balaban J connectivity index is 3.17. The van der Waals surface area contributed by atoms with Gasteiger partial charge in [-0.3, -0.25) is 4.79 Å². The third-order valence-corrected chi connectivity index (χ3v) is 6.90. The number of allylic oxidation sites excluding steroid dienone is 2. The maximum Gasteiger partial charge on any atom is 0.305 e. The molecule has 0 N–H and O–H groups in total. The maximum absolute atomic E-state index is 11.8. The van der Waals surface area contributed by atoms with E-state index in [-0.39, 0.29) is 5.97 Å². The van der Waals surface area contributed by atoms with E-state index in [1.807, 2.05) is 0 Å². The van der Waals surface area contributed by atoms with Crippen molar-refractivity contribution in [1.82, 2.24) is 0 Å². The van der Waals surface area contributed by atoms with Gasteiger partial charge in [0, 0.05) is 6.42 Å². The molecule has 0 amide bonds. The standard InChI is InChI=1S/C32H62O2/c1-3-5-7-9-11-13-15-16-17-18-19-20-21-22-24-26-28-30-32(33)34-31-29-27-25-23-14-12-10-8-6-4-2/h13,15H,3-12,14,16-31H2,1-2H3. The summed E-state index contributed by atoms with van der Waals surface area (Å²) in [7, 11) is 0. The molecule has 2 nitrogen and oxygen atoms in total. The molecule has 0 aliphatic carbocycles. The van der Waals surface area contributed by atoms with Gasteiger partial charge < -0.3 is 4.74 Å². The van der Waals surface area contributed by atoms with E-state index in [0.717, 1.165) is 12.8 Å². The van der Waals surface area contributed by atoms with E-state index >= 15 is 0 Å². The SMILES string of the molecule is CCCCCCC=CCCCCCCCCCCCC(=O)OCCCCCCCCCCCC. The first-order valence-electron chi connectivity index (χ1n) is 15.6. The highest BCUT2D eigenvalue weighted by Gasteiger charge is 2.02. The molecule has 2 heteroatoms. The highest BCUT2D eigenvalue weighted by atomic mass is 16.5. The fourth-order valence-corrected chi connectivity index (χ4v) is 4.54. The van der Waals surface area contributed by atoms with Crippen LogP contribution in [-0.2, 0) is 9.53 Å². The fraction of sp³-hybridized carbons (Fsp3) is 0.906. The molecule has 0 saturated heterocycles. The molecule has 0 rings (SSSR count). The molecule has 0 aromatic heterocycles. The van der Waals surface area contributed by atoms with Gasteiger partial charge in [-0.05, 0) is 38.5 Å². The van der Waals surface area contributed by atoms with Crippen molar-refractivity contribution in [1.29, 1.82) is 0 Å². The van der Waals surface area contributed by atoms with Crippen molar-refractivity contribution in [2.45, 2.75) is 181 Å². The minimum atomic E-state index is 0.0194. The first kappa shape index (κ1) is 33.2. The number of unbranched alkanes of at least 4 members (excludes halogenated alkanes) is 22. The third-order valence-electron chi connectivity index (χ3n) is 6.90. The highest BCUT2D eigenvalue weighted by molar-refractivity contribution is 5.69. The lowest BCUT2D eigenvalue weighted by molar-refractivity contribution is -0.143. The molecule has 0 saturated carbocycles. The Bertz CT molecular complexity index is 415. The summed E-state index contributed by atoms with van der Waals surface area (Å²) in [4.78, 5) is 11.8. The Labute approximate surface area is 215 Å². The van der Waals surface area contributed by atoms with E-state index in [2.05, 4.69) is 26.0 Å². The molecule has 0 spiro atoms. The predicted molar refractivity (Wildman–Crippen MR) is 151 cm³/mol. The lowest BCUT2D eigenvalue weighted by atomic mass is 10.1. The van der Waals surface area contributed by atoms with Crippen LogP contribution in [0.3, 0.4) is 0 Å². The Morgan fingerprint density at radius 3 is 1.29 bits per heavy atom. The molecule has 0 fully saturated rings. The first-order valence-corrected chi connectivity index (χ1v) is 15.6. The van der Waals surface area contributed by atoms with E-state index in [4.69, 9.17) is 4.74 Å². The Kier molecular flexibility index (Phi) is 29.5. The lowest BCUT2D eigenvalue weighted by Gasteiger charge is -2.05. The second-order valence-electron chi connectivity index (χ2n) is 10.4. The predicted octanol–water partition coefficient (Wildman–Crippen LogP) is 11.3. The van der Waals surface area contributed by atoms with Gasteiger partial charge in [0.15, 0.2) is 0 Å². The average Bonchev–Trinajstić information content (AvgIpc) is 2.84. The second-order valence-corrected chi connectivity index (χ2v) is 10.4. The Hall–Kier alpha value is -0.790. The lowest BCUT2D eigenvalue weighted by Crippen LogP contribution is -2.05. The molecular formula is C32H62O2. The van der Waals surface area contributed by atoms with Crippen LogP contribution in [0.2, 0.25) is 0 Å². The summed E-state index contributed by atoms with van der Waals surface area (Å²) in [5.41, 5.74) is 0. The number of rotatable bonds is 28.